The van der Waals surface area contributed by atoms with E-state index in [2.05, 4.69) is 10.6 Å². The normalized spacial score (nSPS) is 17.4. The third-order valence-electron chi connectivity index (χ3n) is 3.26. The first kappa shape index (κ1) is 11.7. The molecule has 0 unspecified atom stereocenters. The molecule has 2 N–H and O–H groups in total. The van der Waals surface area contributed by atoms with Crippen LogP contribution in [0.5, 0.6) is 0 Å². The SMILES string of the molecule is CN1C(=O)c2ccc(NC(=O)NC3CC3)cc2C1=O. The molecule has 2 aliphatic rings. The Balaban J connectivity index is 1.80. The molecule has 19 heavy (non-hydrogen) atoms. The first-order chi connectivity index (χ1) is 9.06. The quantitative estimate of drug-likeness (QED) is 0.783. The van der Waals surface area contributed by atoms with Gasteiger partial charge in [0.2, 0.25) is 0 Å². The van der Waals surface area contributed by atoms with Crippen molar-refractivity contribution in [1.82, 2.24) is 10.2 Å². The molecule has 1 fully saturated rings. The molecule has 0 radical (unpaired) electrons. The molecule has 1 saturated carbocycles. The van der Waals surface area contributed by atoms with E-state index in [-0.39, 0.29) is 23.9 Å². The van der Waals surface area contributed by atoms with Gasteiger partial charge in [0.15, 0.2) is 0 Å². The van der Waals surface area contributed by atoms with E-state index in [1.807, 2.05) is 0 Å². The lowest BCUT2D eigenvalue weighted by Crippen LogP contribution is -2.30. The van der Waals surface area contributed by atoms with Gasteiger partial charge in [-0.25, -0.2) is 4.79 Å². The smallest absolute Gasteiger partial charge is 0.319 e. The molecule has 0 aromatic heterocycles. The minimum atomic E-state index is -0.341. The minimum absolute atomic E-state index is 0.267. The van der Waals surface area contributed by atoms with Crippen molar-refractivity contribution < 1.29 is 14.4 Å². The number of urea groups is 1. The number of carbonyl (C=O) groups excluding carboxylic acids is 3. The molecule has 0 bridgehead atoms. The monoisotopic (exact) mass is 259 g/mol. The van der Waals surface area contributed by atoms with E-state index in [0.717, 1.165) is 17.7 Å². The maximum absolute atomic E-state index is 11.8. The van der Waals surface area contributed by atoms with E-state index in [4.69, 9.17) is 0 Å². The second-order valence-electron chi connectivity index (χ2n) is 4.80. The zero-order valence-electron chi connectivity index (χ0n) is 10.4. The van der Waals surface area contributed by atoms with Crippen LogP contribution in [0.1, 0.15) is 33.6 Å². The van der Waals surface area contributed by atoms with Crippen LogP contribution in [0.3, 0.4) is 0 Å². The summed E-state index contributed by atoms with van der Waals surface area (Å²) in [4.78, 5) is 36.2. The predicted octanol–water partition coefficient (Wildman–Crippen LogP) is 1.20. The maximum atomic E-state index is 11.8. The molecule has 1 aliphatic heterocycles. The standard InChI is InChI=1S/C13H13N3O3/c1-16-11(17)9-5-4-8(6-10(9)12(16)18)15-13(19)14-7-2-3-7/h4-7H,2-3H2,1H3,(H2,14,15,19). The molecule has 6 nitrogen and oxygen atoms in total. The Labute approximate surface area is 109 Å². The Bertz CT molecular complexity index is 593. The number of amides is 4. The van der Waals surface area contributed by atoms with Crippen LogP contribution in [-0.4, -0.2) is 35.8 Å². The molecule has 98 valence electrons. The van der Waals surface area contributed by atoms with Gasteiger partial charge in [0, 0.05) is 18.8 Å². The lowest BCUT2D eigenvalue weighted by Gasteiger charge is -2.07. The van der Waals surface area contributed by atoms with Crippen LogP contribution in [0, 0.1) is 0 Å². The Kier molecular flexibility index (Phi) is 2.51. The Hall–Kier alpha value is -2.37. The molecule has 1 aromatic carbocycles. The van der Waals surface area contributed by atoms with Gasteiger partial charge in [-0.15, -0.1) is 0 Å². The molecule has 0 spiro atoms. The maximum Gasteiger partial charge on any atom is 0.319 e. The second kappa shape index (κ2) is 4.08. The van der Waals surface area contributed by atoms with E-state index < -0.39 is 0 Å². The molecule has 1 heterocycles. The molecule has 1 aliphatic carbocycles. The van der Waals surface area contributed by atoms with Gasteiger partial charge in [0.1, 0.15) is 0 Å². The fraction of sp³-hybridized carbons (Fsp3) is 0.308. The Morgan fingerprint density at radius 3 is 2.58 bits per heavy atom. The van der Waals surface area contributed by atoms with Crippen molar-refractivity contribution in [2.24, 2.45) is 0 Å². The lowest BCUT2D eigenvalue weighted by atomic mass is 10.1. The summed E-state index contributed by atoms with van der Waals surface area (Å²) in [7, 11) is 1.44. The Morgan fingerprint density at radius 1 is 1.21 bits per heavy atom. The van der Waals surface area contributed by atoms with Crippen molar-refractivity contribution in [3.63, 3.8) is 0 Å². The molecule has 0 atom stereocenters. The third-order valence-corrected chi connectivity index (χ3v) is 3.26. The van der Waals surface area contributed by atoms with Crippen LogP contribution in [-0.2, 0) is 0 Å². The fourth-order valence-electron chi connectivity index (χ4n) is 2.02. The highest BCUT2D eigenvalue weighted by Crippen LogP contribution is 2.25. The molecule has 4 amide bonds. The number of anilines is 1. The van der Waals surface area contributed by atoms with E-state index >= 15 is 0 Å². The summed E-state index contributed by atoms with van der Waals surface area (Å²) in [6.45, 7) is 0. The average molecular weight is 259 g/mol. The summed E-state index contributed by atoms with van der Waals surface area (Å²) in [6.07, 6.45) is 2.02. The number of rotatable bonds is 2. The van der Waals surface area contributed by atoms with Crippen molar-refractivity contribution >= 4 is 23.5 Å². The number of nitrogens with one attached hydrogen (secondary N) is 2. The van der Waals surface area contributed by atoms with E-state index in [1.165, 1.54) is 13.1 Å². The summed E-state index contributed by atoms with van der Waals surface area (Å²) in [5.74, 6) is -0.653. The zero-order valence-corrected chi connectivity index (χ0v) is 10.4. The van der Waals surface area contributed by atoms with Gasteiger partial charge >= 0.3 is 6.03 Å². The van der Waals surface area contributed by atoms with Crippen LogP contribution >= 0.6 is 0 Å². The van der Waals surface area contributed by atoms with Crippen molar-refractivity contribution in [2.45, 2.75) is 18.9 Å². The zero-order chi connectivity index (χ0) is 13.6. The number of hydrogen-bond acceptors (Lipinski definition) is 3. The molecular formula is C13H13N3O3. The summed E-state index contributed by atoms with van der Waals surface area (Å²) < 4.78 is 0. The molecule has 3 rings (SSSR count). The first-order valence-electron chi connectivity index (χ1n) is 6.10. The van der Waals surface area contributed by atoms with Crippen molar-refractivity contribution in [1.29, 1.82) is 0 Å². The molecular weight excluding hydrogens is 246 g/mol. The predicted molar refractivity (Wildman–Crippen MR) is 68.0 cm³/mol. The minimum Gasteiger partial charge on any atom is -0.335 e. The lowest BCUT2D eigenvalue weighted by molar-refractivity contribution is 0.0693. The summed E-state index contributed by atoms with van der Waals surface area (Å²) in [5.41, 5.74) is 1.21. The van der Waals surface area contributed by atoms with Gasteiger partial charge in [0.25, 0.3) is 11.8 Å². The fourth-order valence-corrected chi connectivity index (χ4v) is 2.02. The number of nitrogens with zero attached hydrogens (tertiary/aromatic N) is 1. The van der Waals surface area contributed by atoms with Crippen LogP contribution in [0.4, 0.5) is 10.5 Å². The molecule has 1 aromatic rings. The highest BCUT2D eigenvalue weighted by molar-refractivity contribution is 6.21. The van der Waals surface area contributed by atoms with Gasteiger partial charge in [0.05, 0.1) is 11.1 Å². The van der Waals surface area contributed by atoms with Crippen LogP contribution in [0.2, 0.25) is 0 Å². The number of fused-ring (bicyclic) bond motifs is 1. The van der Waals surface area contributed by atoms with Crippen molar-refractivity contribution in [2.75, 3.05) is 12.4 Å². The summed E-state index contributed by atoms with van der Waals surface area (Å²) in [5, 5.41) is 5.45. The largest absolute Gasteiger partial charge is 0.335 e. The van der Waals surface area contributed by atoms with Gasteiger partial charge in [-0.2, -0.15) is 0 Å². The molecule has 6 heteroatoms. The van der Waals surface area contributed by atoms with Gasteiger partial charge < -0.3 is 10.6 Å². The van der Waals surface area contributed by atoms with Crippen LogP contribution < -0.4 is 10.6 Å². The Morgan fingerprint density at radius 2 is 1.89 bits per heavy atom. The van der Waals surface area contributed by atoms with Gasteiger partial charge in [-0.05, 0) is 31.0 Å². The number of carbonyl (C=O) groups is 3. The number of imide groups is 1. The van der Waals surface area contributed by atoms with Crippen LogP contribution in [0.25, 0.3) is 0 Å². The number of benzene rings is 1. The third kappa shape index (κ3) is 2.05. The highest BCUT2D eigenvalue weighted by Gasteiger charge is 2.32. The van der Waals surface area contributed by atoms with Gasteiger partial charge in [-0.1, -0.05) is 0 Å². The highest BCUT2D eigenvalue weighted by atomic mass is 16.2. The molecule has 0 saturated heterocycles. The second-order valence-corrected chi connectivity index (χ2v) is 4.80. The first-order valence-corrected chi connectivity index (χ1v) is 6.10. The van der Waals surface area contributed by atoms with E-state index in [0.29, 0.717) is 16.8 Å². The van der Waals surface area contributed by atoms with E-state index in [9.17, 15) is 14.4 Å². The van der Waals surface area contributed by atoms with E-state index in [1.54, 1.807) is 12.1 Å². The average Bonchev–Trinajstić information content (AvgIpc) is 3.16. The van der Waals surface area contributed by atoms with Crippen molar-refractivity contribution in [3.8, 4) is 0 Å². The summed E-state index contributed by atoms with van der Waals surface area (Å²) in [6, 6.07) is 4.70. The van der Waals surface area contributed by atoms with Crippen LogP contribution in [0.15, 0.2) is 18.2 Å². The number of hydrogen-bond donors (Lipinski definition) is 2. The van der Waals surface area contributed by atoms with Crippen molar-refractivity contribution in [3.05, 3.63) is 29.3 Å². The van der Waals surface area contributed by atoms with Gasteiger partial charge in [-0.3, -0.25) is 14.5 Å². The summed E-state index contributed by atoms with van der Waals surface area (Å²) >= 11 is 0. The topological polar surface area (TPSA) is 78.5 Å².